The van der Waals surface area contributed by atoms with Crippen LogP contribution in [0.4, 0.5) is 0 Å². The number of nitrogens with one attached hydrogen (secondary N) is 1. The Morgan fingerprint density at radius 2 is 1.94 bits per heavy atom. The van der Waals surface area contributed by atoms with Gasteiger partial charge in [0.05, 0.1) is 10.5 Å². The second-order valence-electron chi connectivity index (χ2n) is 4.84. The van der Waals surface area contributed by atoms with E-state index >= 15 is 0 Å². The molecule has 0 heterocycles. The summed E-state index contributed by atoms with van der Waals surface area (Å²) in [5, 5.41) is 9.97. The zero-order valence-electron chi connectivity index (χ0n) is 11.1. The van der Waals surface area contributed by atoms with Gasteiger partial charge in [-0.05, 0) is 31.9 Å². The Labute approximate surface area is 109 Å². The van der Waals surface area contributed by atoms with Crippen LogP contribution in [0.2, 0.25) is 0 Å². The predicted octanol–water partition coefficient (Wildman–Crippen LogP) is 1.82. The van der Waals surface area contributed by atoms with Crippen molar-refractivity contribution in [2.45, 2.75) is 44.1 Å². The summed E-state index contributed by atoms with van der Waals surface area (Å²) in [5.41, 5.74) is -0.315. The van der Waals surface area contributed by atoms with Crippen LogP contribution in [0.25, 0.3) is 0 Å². The highest BCUT2D eigenvalue weighted by Crippen LogP contribution is 2.16. The van der Waals surface area contributed by atoms with Gasteiger partial charge in [0.2, 0.25) is 10.0 Å². The Morgan fingerprint density at radius 1 is 1.33 bits per heavy atom. The molecular weight excluding hydrogens is 250 g/mol. The Hall–Kier alpha value is -0.910. The predicted molar refractivity (Wildman–Crippen MR) is 71.9 cm³/mol. The topological polar surface area (TPSA) is 66.4 Å². The van der Waals surface area contributed by atoms with Gasteiger partial charge < -0.3 is 5.11 Å². The fourth-order valence-corrected chi connectivity index (χ4v) is 3.22. The number of hydrogen-bond donors (Lipinski definition) is 2. The molecule has 0 fully saturated rings. The van der Waals surface area contributed by atoms with E-state index in [1.165, 1.54) is 0 Å². The number of aryl methyl sites for hydroxylation is 1. The molecule has 4 nitrogen and oxygen atoms in total. The molecule has 5 heteroatoms. The lowest BCUT2D eigenvalue weighted by Gasteiger charge is -2.23. The van der Waals surface area contributed by atoms with Gasteiger partial charge in [0, 0.05) is 6.54 Å². The summed E-state index contributed by atoms with van der Waals surface area (Å²) in [6, 6.07) is 6.79. The molecule has 0 aliphatic heterocycles. The lowest BCUT2D eigenvalue weighted by atomic mass is 10.0. The monoisotopic (exact) mass is 271 g/mol. The van der Waals surface area contributed by atoms with Crippen molar-refractivity contribution in [3.63, 3.8) is 0 Å². The van der Waals surface area contributed by atoms with Crippen LogP contribution in [0.1, 0.15) is 32.3 Å². The first kappa shape index (κ1) is 15.1. The number of aliphatic hydroxyl groups is 1. The summed E-state index contributed by atoms with van der Waals surface area (Å²) in [7, 11) is -3.55. The highest BCUT2D eigenvalue weighted by atomic mass is 32.2. The van der Waals surface area contributed by atoms with Gasteiger partial charge in [-0.2, -0.15) is 0 Å². The molecule has 1 aromatic rings. The summed E-state index contributed by atoms with van der Waals surface area (Å²) >= 11 is 0. The zero-order chi connectivity index (χ0) is 13.8. The molecule has 0 spiro atoms. The van der Waals surface area contributed by atoms with E-state index in [4.69, 9.17) is 0 Å². The highest BCUT2D eigenvalue weighted by molar-refractivity contribution is 7.89. The van der Waals surface area contributed by atoms with Crippen LogP contribution in [-0.2, 0) is 10.0 Å². The fraction of sp³-hybridized carbons (Fsp3) is 0.538. The van der Waals surface area contributed by atoms with Gasteiger partial charge in [-0.25, -0.2) is 13.1 Å². The lowest BCUT2D eigenvalue weighted by molar-refractivity contribution is 0.0554. The van der Waals surface area contributed by atoms with E-state index in [1.807, 2.05) is 6.92 Å². The van der Waals surface area contributed by atoms with Crippen molar-refractivity contribution >= 4 is 10.0 Å². The van der Waals surface area contributed by atoms with E-state index in [9.17, 15) is 13.5 Å². The number of rotatable bonds is 6. The molecule has 18 heavy (non-hydrogen) atoms. The summed E-state index contributed by atoms with van der Waals surface area (Å²) in [5.74, 6) is 0. The van der Waals surface area contributed by atoms with Crippen molar-refractivity contribution in [3.8, 4) is 0 Å². The third-order valence-electron chi connectivity index (χ3n) is 2.81. The summed E-state index contributed by atoms with van der Waals surface area (Å²) in [6.07, 6.45) is 1.36. The second-order valence-corrected chi connectivity index (χ2v) is 6.57. The van der Waals surface area contributed by atoms with Gasteiger partial charge in [0.1, 0.15) is 0 Å². The smallest absolute Gasteiger partial charge is 0.240 e. The quantitative estimate of drug-likeness (QED) is 0.829. The van der Waals surface area contributed by atoms with E-state index < -0.39 is 15.6 Å². The van der Waals surface area contributed by atoms with Gasteiger partial charge in [-0.1, -0.05) is 31.5 Å². The van der Waals surface area contributed by atoms with Gasteiger partial charge in [0.15, 0.2) is 0 Å². The van der Waals surface area contributed by atoms with E-state index in [2.05, 4.69) is 4.72 Å². The van der Waals surface area contributed by atoms with Crippen LogP contribution in [0.5, 0.6) is 0 Å². The van der Waals surface area contributed by atoms with Gasteiger partial charge >= 0.3 is 0 Å². The van der Waals surface area contributed by atoms with Gasteiger partial charge in [0.25, 0.3) is 0 Å². The van der Waals surface area contributed by atoms with Crippen molar-refractivity contribution in [1.82, 2.24) is 4.72 Å². The maximum absolute atomic E-state index is 12.1. The summed E-state index contributed by atoms with van der Waals surface area (Å²) in [6.45, 7) is 5.36. The Balaban J connectivity index is 2.81. The minimum absolute atomic E-state index is 0.0253. The van der Waals surface area contributed by atoms with Crippen molar-refractivity contribution < 1.29 is 13.5 Å². The molecule has 1 unspecified atom stereocenters. The molecule has 0 saturated heterocycles. The molecule has 0 radical (unpaired) electrons. The molecule has 0 aromatic heterocycles. The summed E-state index contributed by atoms with van der Waals surface area (Å²) in [4.78, 5) is 0.261. The van der Waals surface area contributed by atoms with Crippen LogP contribution in [-0.4, -0.2) is 25.7 Å². The molecule has 0 bridgehead atoms. The normalized spacial score (nSPS) is 15.3. The van der Waals surface area contributed by atoms with Crippen LogP contribution in [0.15, 0.2) is 29.2 Å². The third-order valence-corrected chi connectivity index (χ3v) is 4.38. The average Bonchev–Trinajstić information content (AvgIpc) is 2.27. The molecule has 1 atom stereocenters. The van der Waals surface area contributed by atoms with Gasteiger partial charge in [-0.3, -0.25) is 0 Å². The Bertz CT molecular complexity index is 495. The fourth-order valence-electron chi connectivity index (χ4n) is 1.81. The van der Waals surface area contributed by atoms with E-state index in [0.717, 1.165) is 6.42 Å². The summed E-state index contributed by atoms with van der Waals surface area (Å²) < 4.78 is 26.6. The molecule has 0 aliphatic rings. The van der Waals surface area contributed by atoms with Crippen LogP contribution in [0.3, 0.4) is 0 Å². The number of benzene rings is 1. The molecule has 0 aliphatic carbocycles. The minimum atomic E-state index is -3.55. The van der Waals surface area contributed by atoms with Crippen molar-refractivity contribution in [2.24, 2.45) is 0 Å². The molecule has 2 N–H and O–H groups in total. The SMILES string of the molecule is CCCC(C)(O)CNS(=O)(=O)c1ccccc1C. The average molecular weight is 271 g/mol. The van der Waals surface area contributed by atoms with Crippen LogP contribution < -0.4 is 4.72 Å². The van der Waals surface area contributed by atoms with E-state index in [1.54, 1.807) is 38.1 Å². The maximum atomic E-state index is 12.1. The molecule has 1 aromatic carbocycles. The lowest BCUT2D eigenvalue weighted by Crippen LogP contribution is -2.40. The van der Waals surface area contributed by atoms with Crippen LogP contribution >= 0.6 is 0 Å². The third kappa shape index (κ3) is 4.08. The van der Waals surface area contributed by atoms with Crippen molar-refractivity contribution in [1.29, 1.82) is 0 Å². The molecule has 102 valence electrons. The van der Waals surface area contributed by atoms with Crippen molar-refractivity contribution in [3.05, 3.63) is 29.8 Å². The first-order chi connectivity index (χ1) is 8.28. The standard InChI is InChI=1S/C13H21NO3S/c1-4-9-13(3,15)10-14-18(16,17)12-8-6-5-7-11(12)2/h5-8,14-15H,4,9-10H2,1-3H3. The number of sulfonamides is 1. The first-order valence-electron chi connectivity index (χ1n) is 6.06. The minimum Gasteiger partial charge on any atom is -0.389 e. The van der Waals surface area contributed by atoms with E-state index in [-0.39, 0.29) is 11.4 Å². The zero-order valence-corrected chi connectivity index (χ0v) is 11.9. The largest absolute Gasteiger partial charge is 0.389 e. The molecule has 0 saturated carbocycles. The first-order valence-corrected chi connectivity index (χ1v) is 7.54. The van der Waals surface area contributed by atoms with Crippen molar-refractivity contribution in [2.75, 3.05) is 6.54 Å². The Morgan fingerprint density at radius 3 is 2.50 bits per heavy atom. The number of hydrogen-bond acceptors (Lipinski definition) is 3. The maximum Gasteiger partial charge on any atom is 0.240 e. The molecular formula is C13H21NO3S. The highest BCUT2D eigenvalue weighted by Gasteiger charge is 2.23. The Kier molecular flexibility index (Phi) is 4.90. The van der Waals surface area contributed by atoms with E-state index in [0.29, 0.717) is 12.0 Å². The second kappa shape index (κ2) is 5.82. The van der Waals surface area contributed by atoms with Crippen LogP contribution in [0, 0.1) is 6.92 Å². The molecule has 1 rings (SSSR count). The van der Waals surface area contributed by atoms with Gasteiger partial charge in [-0.15, -0.1) is 0 Å². The molecule has 0 amide bonds.